The van der Waals surface area contributed by atoms with Crippen molar-refractivity contribution in [2.45, 2.75) is 20.8 Å². The van der Waals surface area contributed by atoms with Gasteiger partial charge >= 0.3 is 0 Å². The van der Waals surface area contributed by atoms with Crippen molar-refractivity contribution in [3.05, 3.63) is 68.3 Å². The Kier molecular flexibility index (Phi) is 3.89. The highest BCUT2D eigenvalue weighted by molar-refractivity contribution is 7.15. The minimum atomic E-state index is -0.342. The predicted molar refractivity (Wildman–Crippen MR) is 94.7 cm³/mol. The topological polar surface area (TPSA) is 56.6 Å². The van der Waals surface area contributed by atoms with E-state index >= 15 is 0 Å². The number of aryl methyl sites for hydroxylation is 3. The molecule has 0 saturated heterocycles. The lowest BCUT2D eigenvalue weighted by molar-refractivity contribution is 1.22. The first-order valence-electron chi connectivity index (χ1n) is 7.31. The first-order chi connectivity index (χ1) is 11.0. The monoisotopic (exact) mass is 320 g/mol. The van der Waals surface area contributed by atoms with Crippen molar-refractivity contribution in [3.63, 3.8) is 0 Å². The van der Waals surface area contributed by atoms with Crippen molar-refractivity contribution in [3.8, 4) is 27.8 Å². The fourth-order valence-corrected chi connectivity index (χ4v) is 3.55. The van der Waals surface area contributed by atoms with E-state index in [1.807, 2.05) is 57.2 Å². The number of benzene rings is 1. The highest BCUT2D eigenvalue weighted by Crippen LogP contribution is 2.31. The van der Waals surface area contributed by atoms with Gasteiger partial charge in [-0.15, -0.1) is 11.3 Å². The van der Waals surface area contributed by atoms with E-state index in [0.717, 1.165) is 27.3 Å². The molecule has 3 aromatic rings. The van der Waals surface area contributed by atoms with Crippen molar-refractivity contribution in [2.75, 3.05) is 0 Å². The Bertz CT molecular complexity index is 989. The number of aromatic amines is 1. The summed E-state index contributed by atoms with van der Waals surface area (Å²) in [5.74, 6) is 0. The lowest BCUT2D eigenvalue weighted by Crippen LogP contribution is -2.12. The van der Waals surface area contributed by atoms with Gasteiger partial charge in [-0.1, -0.05) is 23.8 Å². The maximum Gasteiger partial charge on any atom is 0.266 e. The third kappa shape index (κ3) is 2.84. The third-order valence-electron chi connectivity index (χ3n) is 3.82. The Hall–Kier alpha value is -2.64. The lowest BCUT2D eigenvalue weighted by atomic mass is 9.95. The van der Waals surface area contributed by atoms with E-state index in [0.29, 0.717) is 5.56 Å². The van der Waals surface area contributed by atoms with Crippen LogP contribution in [0.1, 0.15) is 21.6 Å². The van der Waals surface area contributed by atoms with E-state index in [4.69, 9.17) is 0 Å². The largest absolute Gasteiger partial charge is 0.320 e. The maximum atomic E-state index is 12.4. The van der Waals surface area contributed by atoms with Crippen molar-refractivity contribution in [1.82, 2.24) is 4.98 Å². The van der Waals surface area contributed by atoms with Crippen LogP contribution in [-0.2, 0) is 0 Å². The first kappa shape index (κ1) is 15.3. The first-order valence-corrected chi connectivity index (χ1v) is 8.13. The smallest absolute Gasteiger partial charge is 0.266 e. The molecule has 0 fully saturated rings. The molecule has 2 aromatic heterocycles. The van der Waals surface area contributed by atoms with Gasteiger partial charge in [-0.3, -0.25) is 4.79 Å². The molecule has 23 heavy (non-hydrogen) atoms. The second kappa shape index (κ2) is 5.86. The van der Waals surface area contributed by atoms with E-state index in [1.165, 1.54) is 4.88 Å². The lowest BCUT2D eigenvalue weighted by Gasteiger charge is -2.10. The van der Waals surface area contributed by atoms with Gasteiger partial charge in [-0.05, 0) is 50.1 Å². The van der Waals surface area contributed by atoms with Gasteiger partial charge in [0.1, 0.15) is 11.6 Å². The summed E-state index contributed by atoms with van der Waals surface area (Å²) in [6.07, 6.45) is 0. The Morgan fingerprint density at radius 2 is 1.83 bits per heavy atom. The third-order valence-corrected chi connectivity index (χ3v) is 4.86. The summed E-state index contributed by atoms with van der Waals surface area (Å²) in [6.45, 7) is 6.06. The van der Waals surface area contributed by atoms with Crippen molar-refractivity contribution >= 4 is 11.3 Å². The zero-order valence-corrected chi connectivity index (χ0v) is 14.0. The molecule has 0 bridgehead atoms. The summed E-state index contributed by atoms with van der Waals surface area (Å²) in [5, 5.41) is 9.40. The number of nitrogens with one attached hydrogen (secondary N) is 1. The summed E-state index contributed by atoms with van der Waals surface area (Å²) in [7, 11) is 0. The average molecular weight is 320 g/mol. The van der Waals surface area contributed by atoms with Crippen molar-refractivity contribution in [2.24, 2.45) is 0 Å². The molecular weight excluding hydrogens is 304 g/mol. The Morgan fingerprint density at radius 3 is 2.43 bits per heavy atom. The Morgan fingerprint density at radius 1 is 1.04 bits per heavy atom. The SMILES string of the molecule is Cc1ccc(-c2cc(-c3ccc(C)s3)[nH]c(=O)c2C#N)c(C)c1. The summed E-state index contributed by atoms with van der Waals surface area (Å²) in [6, 6.07) is 14.0. The molecule has 0 aliphatic rings. The maximum absolute atomic E-state index is 12.4. The van der Waals surface area contributed by atoms with Gasteiger partial charge < -0.3 is 4.98 Å². The molecular formula is C19H16N2OS. The summed E-state index contributed by atoms with van der Waals surface area (Å²) >= 11 is 1.62. The molecule has 2 heterocycles. The molecule has 3 rings (SSSR count). The molecule has 4 heteroatoms. The number of H-pyrrole nitrogens is 1. The number of rotatable bonds is 2. The number of nitriles is 1. The van der Waals surface area contributed by atoms with Crippen LogP contribution in [0, 0.1) is 32.1 Å². The van der Waals surface area contributed by atoms with Gasteiger partial charge in [-0.25, -0.2) is 0 Å². The van der Waals surface area contributed by atoms with Crippen LogP contribution in [0.15, 0.2) is 41.2 Å². The van der Waals surface area contributed by atoms with Gasteiger partial charge in [0.15, 0.2) is 0 Å². The van der Waals surface area contributed by atoms with Crippen LogP contribution in [0.3, 0.4) is 0 Å². The van der Waals surface area contributed by atoms with Gasteiger partial charge in [0.25, 0.3) is 5.56 Å². The molecule has 1 N–H and O–H groups in total. The highest BCUT2D eigenvalue weighted by Gasteiger charge is 2.14. The van der Waals surface area contributed by atoms with Gasteiger partial charge in [-0.2, -0.15) is 5.26 Å². The van der Waals surface area contributed by atoms with E-state index < -0.39 is 0 Å². The number of thiophene rings is 1. The molecule has 0 unspecified atom stereocenters. The van der Waals surface area contributed by atoms with E-state index in [9.17, 15) is 10.1 Å². The Labute approximate surface area is 138 Å². The highest BCUT2D eigenvalue weighted by atomic mass is 32.1. The van der Waals surface area contributed by atoms with Gasteiger partial charge in [0.2, 0.25) is 0 Å². The molecule has 0 spiro atoms. The molecule has 0 aliphatic heterocycles. The number of aromatic nitrogens is 1. The summed E-state index contributed by atoms with van der Waals surface area (Å²) < 4.78 is 0. The van der Waals surface area contributed by atoms with Crippen LogP contribution >= 0.6 is 11.3 Å². The quantitative estimate of drug-likeness (QED) is 0.752. The van der Waals surface area contributed by atoms with Crippen molar-refractivity contribution < 1.29 is 0 Å². The van der Waals surface area contributed by atoms with Gasteiger partial charge in [0, 0.05) is 10.4 Å². The fourth-order valence-electron chi connectivity index (χ4n) is 2.71. The van der Waals surface area contributed by atoms with Crippen molar-refractivity contribution in [1.29, 1.82) is 5.26 Å². The second-order valence-electron chi connectivity index (χ2n) is 5.64. The van der Waals surface area contributed by atoms with Crippen LogP contribution in [0.4, 0.5) is 0 Å². The van der Waals surface area contributed by atoms with E-state index in [2.05, 4.69) is 11.1 Å². The molecule has 0 saturated carbocycles. The number of pyridine rings is 1. The molecule has 3 nitrogen and oxygen atoms in total. The van der Waals surface area contributed by atoms with Crippen LogP contribution in [0.5, 0.6) is 0 Å². The van der Waals surface area contributed by atoms with E-state index in [-0.39, 0.29) is 11.1 Å². The second-order valence-corrected chi connectivity index (χ2v) is 6.93. The Balaban J connectivity index is 2.28. The average Bonchev–Trinajstić information content (AvgIpc) is 2.93. The molecule has 0 atom stereocenters. The standard InChI is InChI=1S/C19H16N2OS/c1-11-4-6-14(12(2)8-11)15-9-17(18-7-5-13(3)23-18)21-19(22)16(15)10-20/h4-9H,1-3H3,(H,21,22). The molecule has 1 aromatic carbocycles. The van der Waals surface area contributed by atoms with Crippen LogP contribution < -0.4 is 5.56 Å². The number of nitrogens with zero attached hydrogens (tertiary/aromatic N) is 1. The number of hydrogen-bond donors (Lipinski definition) is 1. The summed E-state index contributed by atoms with van der Waals surface area (Å²) in [4.78, 5) is 17.4. The summed E-state index contributed by atoms with van der Waals surface area (Å²) in [5.41, 5.74) is 4.40. The zero-order valence-electron chi connectivity index (χ0n) is 13.2. The number of hydrogen-bond acceptors (Lipinski definition) is 3. The fraction of sp³-hybridized carbons (Fsp3) is 0.158. The zero-order chi connectivity index (χ0) is 16.6. The molecule has 0 radical (unpaired) electrons. The van der Waals surface area contributed by atoms with Gasteiger partial charge in [0.05, 0.1) is 10.6 Å². The van der Waals surface area contributed by atoms with E-state index in [1.54, 1.807) is 11.3 Å². The normalized spacial score (nSPS) is 10.5. The van der Waals surface area contributed by atoms with Crippen LogP contribution in [0.2, 0.25) is 0 Å². The minimum absolute atomic E-state index is 0.161. The minimum Gasteiger partial charge on any atom is -0.320 e. The predicted octanol–water partition coefficient (Wildman–Crippen LogP) is 4.57. The van der Waals surface area contributed by atoms with Crippen LogP contribution in [-0.4, -0.2) is 4.98 Å². The van der Waals surface area contributed by atoms with Crippen LogP contribution in [0.25, 0.3) is 21.7 Å². The molecule has 0 aliphatic carbocycles. The molecule has 0 amide bonds. The molecule has 114 valence electrons.